The summed E-state index contributed by atoms with van der Waals surface area (Å²) in [6, 6.07) is 7.32. The Kier molecular flexibility index (Phi) is 5.21. The first kappa shape index (κ1) is 17.0. The Morgan fingerprint density at radius 2 is 2.21 bits per heavy atom. The lowest BCUT2D eigenvalue weighted by Gasteiger charge is -2.30. The van der Waals surface area contributed by atoms with Crippen LogP contribution in [-0.2, 0) is 19.9 Å². The minimum absolute atomic E-state index is 0.338. The third-order valence-electron chi connectivity index (χ3n) is 4.97. The second-order valence-electron chi connectivity index (χ2n) is 6.91. The van der Waals surface area contributed by atoms with Crippen LogP contribution in [0.25, 0.3) is 0 Å². The maximum Gasteiger partial charge on any atom is 0.119 e. The van der Waals surface area contributed by atoms with Gasteiger partial charge >= 0.3 is 0 Å². The normalized spacial score (nSPS) is 18.5. The Labute approximate surface area is 144 Å². The predicted octanol–water partition coefficient (Wildman–Crippen LogP) is 2.18. The van der Waals surface area contributed by atoms with Crippen LogP contribution in [0.2, 0.25) is 0 Å². The van der Waals surface area contributed by atoms with Gasteiger partial charge in [0.2, 0.25) is 0 Å². The second-order valence-corrected chi connectivity index (χ2v) is 6.91. The van der Waals surface area contributed by atoms with E-state index in [0.29, 0.717) is 12.1 Å². The third-order valence-corrected chi connectivity index (χ3v) is 4.97. The van der Waals surface area contributed by atoms with Crippen molar-refractivity contribution in [1.82, 2.24) is 20.0 Å². The van der Waals surface area contributed by atoms with Crippen molar-refractivity contribution < 1.29 is 4.74 Å². The number of benzene rings is 1. The molecule has 1 aliphatic carbocycles. The summed E-state index contributed by atoms with van der Waals surface area (Å²) in [5.41, 5.74) is 4.14. The van der Waals surface area contributed by atoms with Crippen molar-refractivity contribution in [1.29, 1.82) is 0 Å². The molecule has 1 heterocycles. The predicted molar refractivity (Wildman–Crippen MR) is 96.4 cm³/mol. The number of methoxy groups -OCH3 is 1. The number of aromatic nitrogens is 2. The van der Waals surface area contributed by atoms with Crippen molar-refractivity contribution in [2.24, 2.45) is 7.05 Å². The standard InChI is InChI=1S/C19H28N4O/c1-22(2)19(16-11-21-23(3)13-16)12-20-17-7-5-14-6-8-18(24-4)10-15(14)9-17/h6,8,10-11,13,17,19-20H,5,7,9,12H2,1-4H3/t17-,19+/m0/s1. The van der Waals surface area contributed by atoms with Crippen LogP contribution >= 0.6 is 0 Å². The molecular weight excluding hydrogens is 300 g/mol. The SMILES string of the molecule is COc1ccc2c(c1)C[C@@H](NC[C@H](c1cnn(C)c1)N(C)C)CC2. The molecule has 0 saturated carbocycles. The van der Waals surface area contributed by atoms with Crippen molar-refractivity contribution in [2.75, 3.05) is 27.7 Å². The highest BCUT2D eigenvalue weighted by Crippen LogP contribution is 2.26. The summed E-state index contributed by atoms with van der Waals surface area (Å²) >= 11 is 0. The summed E-state index contributed by atoms with van der Waals surface area (Å²) < 4.78 is 7.24. The molecule has 2 atom stereocenters. The van der Waals surface area contributed by atoms with Crippen LogP contribution in [0.3, 0.4) is 0 Å². The van der Waals surface area contributed by atoms with E-state index >= 15 is 0 Å². The Balaban J connectivity index is 1.63. The molecule has 5 nitrogen and oxygen atoms in total. The molecule has 0 aliphatic heterocycles. The van der Waals surface area contributed by atoms with Gasteiger partial charge in [-0.25, -0.2) is 0 Å². The van der Waals surface area contributed by atoms with Gasteiger partial charge in [0.05, 0.1) is 13.3 Å². The smallest absolute Gasteiger partial charge is 0.119 e. The van der Waals surface area contributed by atoms with E-state index in [0.717, 1.165) is 25.1 Å². The van der Waals surface area contributed by atoms with Crippen molar-refractivity contribution in [2.45, 2.75) is 31.3 Å². The van der Waals surface area contributed by atoms with Gasteiger partial charge < -0.3 is 15.0 Å². The third kappa shape index (κ3) is 3.79. The molecule has 1 aromatic heterocycles. The fourth-order valence-corrected chi connectivity index (χ4v) is 3.52. The molecule has 3 rings (SSSR count). The minimum Gasteiger partial charge on any atom is -0.497 e. The molecule has 0 bridgehead atoms. The first-order valence-electron chi connectivity index (χ1n) is 8.61. The van der Waals surface area contributed by atoms with E-state index in [9.17, 15) is 0 Å². The second kappa shape index (κ2) is 7.36. The summed E-state index contributed by atoms with van der Waals surface area (Å²) in [5, 5.41) is 8.08. The quantitative estimate of drug-likeness (QED) is 0.883. The topological polar surface area (TPSA) is 42.3 Å². The highest BCUT2D eigenvalue weighted by atomic mass is 16.5. The first-order valence-corrected chi connectivity index (χ1v) is 8.61. The van der Waals surface area contributed by atoms with Crippen LogP contribution in [0.4, 0.5) is 0 Å². The van der Waals surface area contributed by atoms with E-state index < -0.39 is 0 Å². The molecule has 0 unspecified atom stereocenters. The zero-order valence-corrected chi connectivity index (χ0v) is 15.1. The molecule has 0 amide bonds. The summed E-state index contributed by atoms with van der Waals surface area (Å²) in [6.45, 7) is 0.933. The van der Waals surface area contributed by atoms with E-state index in [4.69, 9.17) is 4.74 Å². The largest absolute Gasteiger partial charge is 0.497 e. The van der Waals surface area contributed by atoms with Gasteiger partial charge in [0, 0.05) is 37.4 Å². The van der Waals surface area contributed by atoms with Crippen molar-refractivity contribution >= 4 is 0 Å². The van der Waals surface area contributed by atoms with Gasteiger partial charge in [-0.05, 0) is 56.6 Å². The number of fused-ring (bicyclic) bond motifs is 1. The number of aryl methyl sites for hydroxylation is 2. The summed E-state index contributed by atoms with van der Waals surface area (Å²) in [6.07, 6.45) is 7.46. The van der Waals surface area contributed by atoms with Crippen LogP contribution in [0.15, 0.2) is 30.6 Å². The molecule has 1 aliphatic rings. The van der Waals surface area contributed by atoms with E-state index in [1.807, 2.05) is 17.9 Å². The molecule has 0 saturated heterocycles. The molecule has 1 aromatic carbocycles. The Morgan fingerprint density at radius 3 is 2.88 bits per heavy atom. The van der Waals surface area contributed by atoms with Gasteiger partial charge in [-0.15, -0.1) is 0 Å². The van der Waals surface area contributed by atoms with E-state index in [1.54, 1.807) is 7.11 Å². The van der Waals surface area contributed by atoms with Gasteiger partial charge in [-0.1, -0.05) is 6.07 Å². The lowest BCUT2D eigenvalue weighted by atomic mass is 9.88. The highest BCUT2D eigenvalue weighted by Gasteiger charge is 2.22. The van der Waals surface area contributed by atoms with Crippen LogP contribution in [0, 0.1) is 0 Å². The summed E-state index contributed by atoms with van der Waals surface area (Å²) in [7, 11) is 7.95. The number of nitrogens with zero attached hydrogens (tertiary/aromatic N) is 3. The van der Waals surface area contributed by atoms with Gasteiger partial charge in [0.1, 0.15) is 5.75 Å². The fraction of sp³-hybridized carbons (Fsp3) is 0.526. The van der Waals surface area contributed by atoms with Crippen molar-refractivity contribution in [3.8, 4) is 5.75 Å². The number of nitrogens with one attached hydrogen (secondary N) is 1. The van der Waals surface area contributed by atoms with Gasteiger partial charge in [0.15, 0.2) is 0 Å². The van der Waals surface area contributed by atoms with Gasteiger partial charge in [-0.2, -0.15) is 5.10 Å². The van der Waals surface area contributed by atoms with Gasteiger partial charge in [-0.3, -0.25) is 4.68 Å². The molecule has 2 aromatic rings. The number of hydrogen-bond donors (Lipinski definition) is 1. The monoisotopic (exact) mass is 328 g/mol. The van der Waals surface area contributed by atoms with E-state index in [1.165, 1.54) is 23.1 Å². The van der Waals surface area contributed by atoms with Crippen molar-refractivity contribution in [3.63, 3.8) is 0 Å². The molecule has 0 fully saturated rings. The number of likely N-dealkylation sites (N-methyl/N-ethyl adjacent to an activating group) is 1. The average molecular weight is 328 g/mol. The molecule has 24 heavy (non-hydrogen) atoms. The van der Waals surface area contributed by atoms with Crippen molar-refractivity contribution in [3.05, 3.63) is 47.3 Å². The van der Waals surface area contributed by atoms with Crippen LogP contribution in [-0.4, -0.2) is 48.5 Å². The Hall–Kier alpha value is -1.85. The lowest BCUT2D eigenvalue weighted by Crippen LogP contribution is -2.40. The molecule has 5 heteroatoms. The average Bonchev–Trinajstić information content (AvgIpc) is 3.00. The number of hydrogen-bond acceptors (Lipinski definition) is 4. The van der Waals surface area contributed by atoms with E-state index in [-0.39, 0.29) is 0 Å². The molecular formula is C19H28N4O. The Bertz CT molecular complexity index is 680. The zero-order valence-electron chi connectivity index (χ0n) is 15.1. The number of rotatable bonds is 6. The molecule has 0 spiro atoms. The van der Waals surface area contributed by atoms with E-state index in [2.05, 4.69) is 53.8 Å². The maximum absolute atomic E-state index is 5.37. The summed E-state index contributed by atoms with van der Waals surface area (Å²) in [5.74, 6) is 0.955. The Morgan fingerprint density at radius 1 is 1.38 bits per heavy atom. The van der Waals surface area contributed by atoms with Crippen LogP contribution in [0.1, 0.15) is 29.2 Å². The number of ether oxygens (including phenoxy) is 1. The zero-order chi connectivity index (χ0) is 17.1. The molecule has 0 radical (unpaired) electrons. The van der Waals surface area contributed by atoms with Crippen LogP contribution < -0.4 is 10.1 Å². The first-order chi connectivity index (χ1) is 11.6. The molecule has 130 valence electrons. The van der Waals surface area contributed by atoms with Crippen LogP contribution in [0.5, 0.6) is 5.75 Å². The lowest BCUT2D eigenvalue weighted by molar-refractivity contribution is 0.274. The fourth-order valence-electron chi connectivity index (χ4n) is 3.52. The maximum atomic E-state index is 5.37. The highest BCUT2D eigenvalue weighted by molar-refractivity contribution is 5.37. The molecule has 1 N–H and O–H groups in total. The minimum atomic E-state index is 0.338. The summed E-state index contributed by atoms with van der Waals surface area (Å²) in [4.78, 5) is 2.25. The van der Waals surface area contributed by atoms with Gasteiger partial charge in [0.25, 0.3) is 0 Å².